The monoisotopic (exact) mass is 430 g/mol. The third-order valence-corrected chi connectivity index (χ3v) is 4.63. The van der Waals surface area contributed by atoms with Crippen molar-refractivity contribution in [1.82, 2.24) is 16.1 Å². The summed E-state index contributed by atoms with van der Waals surface area (Å²) in [7, 11) is 0. The predicted molar refractivity (Wildman–Crippen MR) is 106 cm³/mol. The van der Waals surface area contributed by atoms with Crippen molar-refractivity contribution in [1.29, 1.82) is 0 Å². The highest BCUT2D eigenvalue weighted by Gasteiger charge is 2.30. The second kappa shape index (κ2) is 9.28. The summed E-state index contributed by atoms with van der Waals surface area (Å²) >= 11 is 0. The third-order valence-electron chi connectivity index (χ3n) is 4.63. The average molecular weight is 430 g/mol. The van der Waals surface area contributed by atoms with Crippen LogP contribution >= 0.6 is 0 Å². The number of carbonyl (C=O) groups excluding carboxylic acids is 5. The lowest BCUT2D eigenvalue weighted by Gasteiger charge is -2.27. The molecule has 2 heterocycles. The molecule has 11 heteroatoms. The van der Waals surface area contributed by atoms with E-state index in [-0.39, 0.29) is 54.7 Å². The number of urea groups is 1. The first-order valence-electron chi connectivity index (χ1n) is 9.67. The molecule has 0 bridgehead atoms. The van der Waals surface area contributed by atoms with Crippen LogP contribution in [0, 0.1) is 0 Å². The van der Waals surface area contributed by atoms with Gasteiger partial charge in [0.2, 0.25) is 11.8 Å². The zero-order valence-corrected chi connectivity index (χ0v) is 17.0. The van der Waals surface area contributed by atoms with Crippen LogP contribution in [0.3, 0.4) is 0 Å². The Labute approximate surface area is 177 Å². The van der Waals surface area contributed by atoms with Gasteiger partial charge >= 0.3 is 18.0 Å². The second-order valence-electron chi connectivity index (χ2n) is 6.82. The number of nitrogens with one attached hydrogen (secondary N) is 3. The molecule has 0 aromatic heterocycles. The lowest BCUT2D eigenvalue weighted by Crippen LogP contribution is -2.50. The molecule has 3 rings (SSSR count). The fourth-order valence-corrected chi connectivity index (χ4v) is 3.14. The number of ether oxygens (including phenoxy) is 2. The van der Waals surface area contributed by atoms with E-state index in [1.54, 1.807) is 13.8 Å². The number of nitrogens with zero attached hydrogens (tertiary/aromatic N) is 1. The molecular formula is C20H22N4O7. The van der Waals surface area contributed by atoms with Crippen molar-refractivity contribution in [2.75, 3.05) is 18.2 Å². The van der Waals surface area contributed by atoms with Gasteiger partial charge < -0.3 is 20.1 Å². The van der Waals surface area contributed by atoms with Crippen molar-refractivity contribution < 1.29 is 33.4 Å². The summed E-state index contributed by atoms with van der Waals surface area (Å²) in [5.41, 5.74) is 3.37. The Morgan fingerprint density at radius 3 is 2.45 bits per heavy atom. The van der Waals surface area contributed by atoms with Gasteiger partial charge in [0.05, 0.1) is 35.2 Å². The number of hydrogen-bond acceptors (Lipinski definition) is 7. The molecule has 11 nitrogen and oxygen atoms in total. The largest absolute Gasteiger partial charge is 0.463 e. The van der Waals surface area contributed by atoms with E-state index in [2.05, 4.69) is 16.1 Å². The Kier molecular flexibility index (Phi) is 6.53. The standard InChI is InChI=1S/C20H22N4O7/c1-3-30-19(28)17-11(2)21-20(29)22-14(17)10-31-18(27)12-4-6-13(7-5-12)24-16(26)9-8-15(25)23-24/h4-7,11H,3,8-10H2,1-2H3,(H,23,25)(H2,21,22,29). The highest BCUT2D eigenvalue weighted by molar-refractivity contribution is 6.01. The Hall–Kier alpha value is -3.89. The Morgan fingerprint density at radius 1 is 1.06 bits per heavy atom. The summed E-state index contributed by atoms with van der Waals surface area (Å²) < 4.78 is 10.3. The van der Waals surface area contributed by atoms with Crippen LogP contribution in [0.4, 0.5) is 10.5 Å². The number of benzene rings is 1. The summed E-state index contributed by atoms with van der Waals surface area (Å²) in [6, 6.07) is 4.74. The van der Waals surface area contributed by atoms with Crippen LogP contribution in [-0.2, 0) is 23.9 Å². The van der Waals surface area contributed by atoms with Gasteiger partial charge in [0.25, 0.3) is 0 Å². The number of rotatable bonds is 6. The molecule has 0 radical (unpaired) electrons. The molecule has 2 aliphatic rings. The van der Waals surface area contributed by atoms with Crippen molar-refractivity contribution in [3.8, 4) is 0 Å². The molecule has 0 saturated carbocycles. The summed E-state index contributed by atoms with van der Waals surface area (Å²) in [6.07, 6.45) is 0.237. The van der Waals surface area contributed by atoms with Crippen molar-refractivity contribution in [3.05, 3.63) is 41.1 Å². The van der Waals surface area contributed by atoms with Crippen LogP contribution in [-0.4, -0.2) is 49.0 Å². The molecular weight excluding hydrogens is 408 g/mol. The average Bonchev–Trinajstić information content (AvgIpc) is 2.73. The normalized spacial score (nSPS) is 18.7. The minimum absolute atomic E-state index is 0.104. The highest BCUT2D eigenvalue weighted by atomic mass is 16.5. The molecule has 0 aliphatic carbocycles. The van der Waals surface area contributed by atoms with Crippen LogP contribution in [0.25, 0.3) is 0 Å². The maximum atomic E-state index is 12.4. The smallest absolute Gasteiger partial charge is 0.338 e. The van der Waals surface area contributed by atoms with Gasteiger partial charge in [-0.2, -0.15) is 0 Å². The fraction of sp³-hybridized carbons (Fsp3) is 0.350. The van der Waals surface area contributed by atoms with E-state index in [0.29, 0.717) is 5.69 Å². The van der Waals surface area contributed by atoms with Crippen LogP contribution in [0.2, 0.25) is 0 Å². The van der Waals surface area contributed by atoms with Crippen LogP contribution in [0.5, 0.6) is 0 Å². The molecule has 1 fully saturated rings. The molecule has 2 aliphatic heterocycles. The first-order valence-corrected chi connectivity index (χ1v) is 9.67. The lowest BCUT2D eigenvalue weighted by atomic mass is 10.0. The molecule has 3 N–H and O–H groups in total. The Morgan fingerprint density at radius 2 is 1.77 bits per heavy atom. The molecule has 1 atom stereocenters. The van der Waals surface area contributed by atoms with E-state index in [1.807, 2.05) is 0 Å². The number of hydrogen-bond donors (Lipinski definition) is 3. The number of amides is 4. The minimum atomic E-state index is -0.698. The topological polar surface area (TPSA) is 143 Å². The quantitative estimate of drug-likeness (QED) is 0.558. The van der Waals surface area contributed by atoms with Gasteiger partial charge in [-0.05, 0) is 38.1 Å². The number of esters is 2. The van der Waals surface area contributed by atoms with Gasteiger partial charge in [0.15, 0.2) is 0 Å². The Bertz CT molecular complexity index is 955. The van der Waals surface area contributed by atoms with Crippen molar-refractivity contribution >= 4 is 35.5 Å². The lowest BCUT2D eigenvalue weighted by molar-refractivity contribution is -0.139. The number of carbonyl (C=O) groups is 5. The van der Waals surface area contributed by atoms with E-state index < -0.39 is 24.0 Å². The third kappa shape index (κ3) is 5.00. The number of hydrazine groups is 1. The number of anilines is 1. The molecule has 164 valence electrons. The van der Waals surface area contributed by atoms with Gasteiger partial charge in [-0.15, -0.1) is 0 Å². The van der Waals surface area contributed by atoms with Crippen LogP contribution in [0.1, 0.15) is 37.0 Å². The zero-order valence-electron chi connectivity index (χ0n) is 17.0. The molecule has 31 heavy (non-hydrogen) atoms. The molecule has 1 unspecified atom stereocenters. The van der Waals surface area contributed by atoms with Crippen molar-refractivity contribution in [3.63, 3.8) is 0 Å². The van der Waals surface area contributed by atoms with Crippen LogP contribution in [0.15, 0.2) is 35.5 Å². The molecule has 1 saturated heterocycles. The van der Waals surface area contributed by atoms with Gasteiger partial charge in [-0.3, -0.25) is 15.0 Å². The summed E-state index contributed by atoms with van der Waals surface area (Å²) in [4.78, 5) is 59.8. The van der Waals surface area contributed by atoms with E-state index in [1.165, 1.54) is 24.3 Å². The van der Waals surface area contributed by atoms with Gasteiger partial charge in [0, 0.05) is 12.8 Å². The van der Waals surface area contributed by atoms with Gasteiger partial charge in [-0.1, -0.05) is 0 Å². The summed E-state index contributed by atoms with van der Waals surface area (Å²) in [6.45, 7) is 3.09. The van der Waals surface area contributed by atoms with E-state index in [4.69, 9.17) is 9.47 Å². The van der Waals surface area contributed by atoms with Gasteiger partial charge in [-0.25, -0.2) is 19.4 Å². The van der Waals surface area contributed by atoms with Crippen molar-refractivity contribution in [2.45, 2.75) is 32.7 Å². The maximum Gasteiger partial charge on any atom is 0.338 e. The summed E-state index contributed by atoms with van der Waals surface area (Å²) in [5.74, 6) is -1.85. The van der Waals surface area contributed by atoms with E-state index in [0.717, 1.165) is 5.01 Å². The molecule has 1 aromatic rings. The zero-order chi connectivity index (χ0) is 22.5. The SMILES string of the molecule is CCOC(=O)C1=C(COC(=O)c2ccc(N3NC(=O)CCC3=O)cc2)NC(=O)NC1C. The maximum absolute atomic E-state index is 12.4. The minimum Gasteiger partial charge on any atom is -0.463 e. The van der Waals surface area contributed by atoms with Gasteiger partial charge in [0.1, 0.15) is 6.61 Å². The molecule has 0 spiro atoms. The summed E-state index contributed by atoms with van der Waals surface area (Å²) in [5, 5.41) is 6.15. The Balaban J connectivity index is 1.70. The molecule has 4 amide bonds. The van der Waals surface area contributed by atoms with E-state index in [9.17, 15) is 24.0 Å². The molecule has 1 aromatic carbocycles. The van der Waals surface area contributed by atoms with Crippen molar-refractivity contribution in [2.24, 2.45) is 0 Å². The first kappa shape index (κ1) is 21.8. The fourth-order valence-electron chi connectivity index (χ4n) is 3.14. The highest BCUT2D eigenvalue weighted by Crippen LogP contribution is 2.19. The van der Waals surface area contributed by atoms with E-state index >= 15 is 0 Å². The second-order valence-corrected chi connectivity index (χ2v) is 6.82. The first-order chi connectivity index (χ1) is 14.8. The predicted octanol–water partition coefficient (Wildman–Crippen LogP) is 0.520. The van der Waals surface area contributed by atoms with Crippen LogP contribution < -0.4 is 21.1 Å².